The van der Waals surface area contributed by atoms with E-state index >= 15 is 0 Å². The molecule has 0 N–H and O–H groups in total. The summed E-state index contributed by atoms with van der Waals surface area (Å²) in [6, 6.07) is 1.90. The topological polar surface area (TPSA) is 31.4 Å². The Morgan fingerprint density at radius 1 is 1.67 bits per heavy atom. The van der Waals surface area contributed by atoms with Crippen LogP contribution in [-0.2, 0) is 17.0 Å². The highest BCUT2D eigenvalue weighted by atomic mass is 35.5. The summed E-state index contributed by atoms with van der Waals surface area (Å²) in [6.07, 6.45) is 3.77. The SMILES string of the molecule is COCCC1Cc2c(ccnc2CCl)O1. The van der Waals surface area contributed by atoms with Crippen molar-refractivity contribution in [1.82, 2.24) is 4.98 Å². The molecule has 0 radical (unpaired) electrons. The van der Waals surface area contributed by atoms with Gasteiger partial charge < -0.3 is 9.47 Å². The lowest BCUT2D eigenvalue weighted by molar-refractivity contribution is 0.138. The average molecular weight is 228 g/mol. The monoisotopic (exact) mass is 227 g/mol. The van der Waals surface area contributed by atoms with Gasteiger partial charge in [0.15, 0.2) is 0 Å². The van der Waals surface area contributed by atoms with Gasteiger partial charge in [-0.2, -0.15) is 0 Å². The molecule has 0 aromatic carbocycles. The Bertz CT molecular complexity index is 343. The maximum absolute atomic E-state index is 5.82. The van der Waals surface area contributed by atoms with E-state index in [1.807, 2.05) is 6.07 Å². The van der Waals surface area contributed by atoms with Gasteiger partial charge in [0.2, 0.25) is 0 Å². The third-order valence-electron chi connectivity index (χ3n) is 2.60. The van der Waals surface area contributed by atoms with Crippen molar-refractivity contribution in [3.8, 4) is 5.75 Å². The van der Waals surface area contributed by atoms with Gasteiger partial charge in [-0.05, 0) is 6.07 Å². The van der Waals surface area contributed by atoms with Crippen molar-refractivity contribution in [1.29, 1.82) is 0 Å². The molecule has 0 bridgehead atoms. The number of hydrogen-bond acceptors (Lipinski definition) is 3. The van der Waals surface area contributed by atoms with Gasteiger partial charge >= 0.3 is 0 Å². The van der Waals surface area contributed by atoms with Crippen molar-refractivity contribution in [2.24, 2.45) is 0 Å². The van der Waals surface area contributed by atoms with Crippen LogP contribution in [0.1, 0.15) is 17.7 Å². The molecular formula is C11H14ClNO2. The van der Waals surface area contributed by atoms with Crippen LogP contribution in [0.15, 0.2) is 12.3 Å². The van der Waals surface area contributed by atoms with Gasteiger partial charge in [-0.15, -0.1) is 11.6 Å². The van der Waals surface area contributed by atoms with E-state index in [1.54, 1.807) is 13.3 Å². The smallest absolute Gasteiger partial charge is 0.126 e. The van der Waals surface area contributed by atoms with Crippen molar-refractivity contribution in [2.45, 2.75) is 24.8 Å². The molecule has 2 heterocycles. The van der Waals surface area contributed by atoms with Gasteiger partial charge in [0.05, 0.1) is 11.6 Å². The largest absolute Gasteiger partial charge is 0.490 e. The number of fused-ring (bicyclic) bond motifs is 1. The molecule has 1 aromatic heterocycles. The van der Waals surface area contributed by atoms with E-state index < -0.39 is 0 Å². The Kier molecular flexibility index (Phi) is 3.44. The Labute approximate surface area is 94.4 Å². The van der Waals surface area contributed by atoms with Crippen molar-refractivity contribution < 1.29 is 9.47 Å². The second-order valence-electron chi connectivity index (χ2n) is 3.59. The van der Waals surface area contributed by atoms with Gasteiger partial charge in [-0.25, -0.2) is 0 Å². The normalized spacial score (nSPS) is 18.7. The van der Waals surface area contributed by atoms with Crippen LogP contribution in [0, 0.1) is 0 Å². The summed E-state index contributed by atoms with van der Waals surface area (Å²) in [6.45, 7) is 0.724. The molecule has 1 unspecified atom stereocenters. The van der Waals surface area contributed by atoms with Crippen LogP contribution in [-0.4, -0.2) is 24.8 Å². The zero-order valence-corrected chi connectivity index (χ0v) is 9.46. The van der Waals surface area contributed by atoms with Crippen LogP contribution in [0.3, 0.4) is 0 Å². The Balaban J connectivity index is 2.09. The standard InChI is InChI=1S/C11H14ClNO2/c1-14-5-3-8-6-9-10(7-12)13-4-2-11(9)15-8/h2,4,8H,3,5-7H2,1H3. The zero-order chi connectivity index (χ0) is 10.7. The first-order valence-electron chi connectivity index (χ1n) is 5.03. The highest BCUT2D eigenvalue weighted by Gasteiger charge is 2.25. The maximum Gasteiger partial charge on any atom is 0.126 e. The zero-order valence-electron chi connectivity index (χ0n) is 8.70. The van der Waals surface area contributed by atoms with E-state index in [-0.39, 0.29) is 6.10 Å². The van der Waals surface area contributed by atoms with E-state index in [1.165, 1.54) is 0 Å². The van der Waals surface area contributed by atoms with Gasteiger partial charge in [0.1, 0.15) is 11.9 Å². The van der Waals surface area contributed by atoms with Crippen LogP contribution in [0.2, 0.25) is 0 Å². The van der Waals surface area contributed by atoms with Crippen molar-refractivity contribution in [3.63, 3.8) is 0 Å². The minimum atomic E-state index is 0.214. The number of halogens is 1. The van der Waals surface area contributed by atoms with Crippen LogP contribution >= 0.6 is 11.6 Å². The number of methoxy groups -OCH3 is 1. The predicted octanol–water partition coefficient (Wildman–Crippen LogP) is 2.16. The van der Waals surface area contributed by atoms with Crippen LogP contribution in [0.25, 0.3) is 0 Å². The summed E-state index contributed by atoms with van der Waals surface area (Å²) in [5, 5.41) is 0. The Morgan fingerprint density at radius 2 is 2.53 bits per heavy atom. The summed E-state index contributed by atoms with van der Waals surface area (Å²) in [7, 11) is 1.70. The number of hydrogen-bond donors (Lipinski definition) is 0. The molecule has 0 spiro atoms. The van der Waals surface area contributed by atoms with Crippen molar-refractivity contribution in [3.05, 3.63) is 23.5 Å². The molecular weight excluding hydrogens is 214 g/mol. The van der Waals surface area contributed by atoms with Gasteiger partial charge in [0.25, 0.3) is 0 Å². The molecule has 15 heavy (non-hydrogen) atoms. The average Bonchev–Trinajstić information content (AvgIpc) is 2.68. The lowest BCUT2D eigenvalue weighted by atomic mass is 10.1. The first-order chi connectivity index (χ1) is 7.35. The van der Waals surface area contributed by atoms with Gasteiger partial charge in [-0.3, -0.25) is 4.98 Å². The number of aromatic nitrogens is 1. The third-order valence-corrected chi connectivity index (χ3v) is 2.85. The third kappa shape index (κ3) is 2.24. The molecule has 1 atom stereocenters. The minimum Gasteiger partial charge on any atom is -0.490 e. The molecule has 1 aliphatic heterocycles. The number of ether oxygens (including phenoxy) is 2. The molecule has 0 saturated carbocycles. The Morgan fingerprint density at radius 3 is 3.27 bits per heavy atom. The minimum absolute atomic E-state index is 0.214. The molecule has 1 aliphatic rings. The molecule has 4 heteroatoms. The second kappa shape index (κ2) is 4.81. The highest BCUT2D eigenvalue weighted by Crippen LogP contribution is 2.32. The fraction of sp³-hybridized carbons (Fsp3) is 0.545. The molecule has 0 saturated heterocycles. The van der Waals surface area contributed by atoms with Crippen LogP contribution in [0.5, 0.6) is 5.75 Å². The summed E-state index contributed by atoms with van der Waals surface area (Å²) < 4.78 is 10.8. The summed E-state index contributed by atoms with van der Waals surface area (Å²) >= 11 is 5.82. The van der Waals surface area contributed by atoms with Gasteiger partial charge in [-0.1, -0.05) is 0 Å². The quantitative estimate of drug-likeness (QED) is 0.739. The summed E-state index contributed by atoms with van der Waals surface area (Å²) in [5.41, 5.74) is 2.10. The van der Waals surface area contributed by atoms with Crippen molar-refractivity contribution in [2.75, 3.05) is 13.7 Å². The lowest BCUT2D eigenvalue weighted by Gasteiger charge is -2.08. The number of nitrogens with zero attached hydrogens (tertiary/aromatic N) is 1. The number of pyridine rings is 1. The molecule has 1 aromatic rings. The lowest BCUT2D eigenvalue weighted by Crippen LogP contribution is -2.15. The molecule has 0 amide bonds. The maximum atomic E-state index is 5.82. The Hall–Kier alpha value is -0.800. The predicted molar refractivity (Wildman–Crippen MR) is 58.4 cm³/mol. The van der Waals surface area contributed by atoms with Gasteiger partial charge in [0, 0.05) is 38.3 Å². The summed E-state index contributed by atoms with van der Waals surface area (Å²) in [4.78, 5) is 4.24. The van der Waals surface area contributed by atoms with Crippen molar-refractivity contribution >= 4 is 11.6 Å². The first-order valence-corrected chi connectivity index (χ1v) is 5.57. The number of alkyl halides is 1. The van der Waals surface area contributed by atoms with E-state index in [2.05, 4.69) is 4.98 Å². The van der Waals surface area contributed by atoms with Crippen LogP contribution in [0.4, 0.5) is 0 Å². The molecule has 0 fully saturated rings. The molecule has 82 valence electrons. The highest BCUT2D eigenvalue weighted by molar-refractivity contribution is 6.17. The number of rotatable bonds is 4. The molecule has 2 rings (SSSR count). The fourth-order valence-electron chi connectivity index (χ4n) is 1.82. The van der Waals surface area contributed by atoms with E-state index in [4.69, 9.17) is 21.1 Å². The second-order valence-corrected chi connectivity index (χ2v) is 3.86. The summed E-state index contributed by atoms with van der Waals surface area (Å²) in [5.74, 6) is 1.38. The first kappa shape index (κ1) is 10.7. The molecule has 0 aliphatic carbocycles. The van der Waals surface area contributed by atoms with E-state index in [9.17, 15) is 0 Å². The molecule has 3 nitrogen and oxygen atoms in total. The van der Waals surface area contributed by atoms with E-state index in [0.29, 0.717) is 5.88 Å². The van der Waals surface area contributed by atoms with E-state index in [0.717, 1.165) is 36.5 Å². The van der Waals surface area contributed by atoms with Crippen LogP contribution < -0.4 is 4.74 Å². The fourth-order valence-corrected chi connectivity index (χ4v) is 2.05.